The zero-order valence-electron chi connectivity index (χ0n) is 14.4. The van der Waals surface area contributed by atoms with Gasteiger partial charge in [-0.3, -0.25) is 19.6 Å². The van der Waals surface area contributed by atoms with Gasteiger partial charge in [0.1, 0.15) is 0 Å². The van der Waals surface area contributed by atoms with Crippen molar-refractivity contribution in [3.8, 4) is 0 Å². The molecule has 2 aliphatic heterocycles. The van der Waals surface area contributed by atoms with Gasteiger partial charge in [0.25, 0.3) is 0 Å². The number of aliphatic imine (C=N–C) groups is 1. The maximum Gasteiger partial charge on any atom is 0.401 e. The molecule has 26 heavy (non-hydrogen) atoms. The van der Waals surface area contributed by atoms with Crippen LogP contribution in [0.4, 0.5) is 18.0 Å². The van der Waals surface area contributed by atoms with E-state index in [0.29, 0.717) is 25.5 Å². The Morgan fingerprint density at radius 1 is 1.38 bits per heavy atom. The molecule has 0 aromatic heterocycles. The van der Waals surface area contributed by atoms with E-state index in [0.717, 1.165) is 4.90 Å². The molecule has 150 valence electrons. The fourth-order valence-electron chi connectivity index (χ4n) is 2.80. The van der Waals surface area contributed by atoms with Gasteiger partial charge in [0.2, 0.25) is 5.91 Å². The topological polar surface area (TPSA) is 89.1 Å². The Morgan fingerprint density at radius 3 is 2.69 bits per heavy atom. The predicted octanol–water partition coefficient (Wildman–Crippen LogP) is 0.348. The van der Waals surface area contributed by atoms with Gasteiger partial charge in [-0.15, -0.1) is 24.0 Å². The third-order valence-corrected chi connectivity index (χ3v) is 3.89. The van der Waals surface area contributed by atoms with Crippen LogP contribution in [0.3, 0.4) is 0 Å². The standard InChI is InChI=1S/C14H23F3N6O2.HI/c1-2-18-12(19-4-6-23-11(24)7-20-13(23)25)21-10-3-5-22(8-10)9-14(15,16)17;/h10H,2-9H2,1H3,(H,20,25)(H2,18,19,21);1H. The molecule has 0 aromatic rings. The highest BCUT2D eigenvalue weighted by molar-refractivity contribution is 14.0. The molecule has 2 saturated heterocycles. The van der Waals surface area contributed by atoms with Crippen LogP contribution in [0.5, 0.6) is 0 Å². The molecule has 1 atom stereocenters. The normalized spacial score (nSPS) is 21.6. The van der Waals surface area contributed by atoms with Crippen molar-refractivity contribution < 1.29 is 22.8 Å². The van der Waals surface area contributed by atoms with Crippen molar-refractivity contribution in [3.05, 3.63) is 0 Å². The Morgan fingerprint density at radius 2 is 2.12 bits per heavy atom. The Bertz CT molecular complexity index is 515. The van der Waals surface area contributed by atoms with Crippen molar-refractivity contribution in [1.29, 1.82) is 0 Å². The zero-order chi connectivity index (χ0) is 18.4. The second-order valence-electron chi connectivity index (χ2n) is 5.94. The minimum absolute atomic E-state index is 0. The molecule has 12 heteroatoms. The minimum Gasteiger partial charge on any atom is -0.357 e. The van der Waals surface area contributed by atoms with Crippen LogP contribution in [0.2, 0.25) is 0 Å². The maximum absolute atomic E-state index is 12.4. The van der Waals surface area contributed by atoms with Gasteiger partial charge in [-0.25, -0.2) is 4.79 Å². The summed E-state index contributed by atoms with van der Waals surface area (Å²) in [4.78, 5) is 29.6. The van der Waals surface area contributed by atoms with Crippen LogP contribution in [-0.2, 0) is 4.79 Å². The average molecular weight is 492 g/mol. The number of alkyl halides is 3. The lowest BCUT2D eigenvalue weighted by atomic mass is 10.3. The van der Waals surface area contributed by atoms with Crippen LogP contribution in [0.25, 0.3) is 0 Å². The summed E-state index contributed by atoms with van der Waals surface area (Å²) < 4.78 is 37.3. The van der Waals surface area contributed by atoms with E-state index in [1.165, 1.54) is 4.90 Å². The molecule has 2 aliphatic rings. The first-order valence-corrected chi connectivity index (χ1v) is 8.20. The van der Waals surface area contributed by atoms with Crippen LogP contribution in [0.15, 0.2) is 4.99 Å². The van der Waals surface area contributed by atoms with Gasteiger partial charge in [-0.05, 0) is 13.3 Å². The van der Waals surface area contributed by atoms with Crippen LogP contribution in [-0.4, -0.2) is 85.7 Å². The Kier molecular flexibility index (Phi) is 8.86. The molecule has 0 radical (unpaired) electrons. The van der Waals surface area contributed by atoms with Crippen molar-refractivity contribution in [1.82, 2.24) is 25.8 Å². The fraction of sp³-hybridized carbons (Fsp3) is 0.786. The number of nitrogens with one attached hydrogen (secondary N) is 3. The number of carbonyl (C=O) groups excluding carboxylic acids is 2. The molecule has 0 spiro atoms. The fourth-order valence-corrected chi connectivity index (χ4v) is 2.80. The van der Waals surface area contributed by atoms with E-state index < -0.39 is 18.8 Å². The van der Waals surface area contributed by atoms with Crippen LogP contribution >= 0.6 is 24.0 Å². The quantitative estimate of drug-likeness (QED) is 0.216. The molecule has 8 nitrogen and oxygen atoms in total. The second-order valence-corrected chi connectivity index (χ2v) is 5.94. The highest BCUT2D eigenvalue weighted by Gasteiger charge is 2.34. The first-order chi connectivity index (χ1) is 11.8. The molecule has 0 aliphatic carbocycles. The number of rotatable bonds is 6. The number of halogens is 4. The number of nitrogens with zero attached hydrogens (tertiary/aromatic N) is 3. The molecule has 0 bridgehead atoms. The van der Waals surface area contributed by atoms with Crippen molar-refractivity contribution in [2.75, 3.05) is 45.8 Å². The summed E-state index contributed by atoms with van der Waals surface area (Å²) in [6.07, 6.45) is -3.61. The van der Waals surface area contributed by atoms with E-state index in [2.05, 4.69) is 20.9 Å². The highest BCUT2D eigenvalue weighted by Crippen LogP contribution is 2.19. The van der Waals surface area contributed by atoms with Gasteiger partial charge in [0.05, 0.1) is 26.2 Å². The second kappa shape index (κ2) is 10.1. The van der Waals surface area contributed by atoms with Crippen LogP contribution in [0, 0.1) is 0 Å². The number of imide groups is 1. The molecule has 2 rings (SSSR count). The lowest BCUT2D eigenvalue weighted by molar-refractivity contribution is -0.143. The number of likely N-dealkylation sites (tertiary alicyclic amines) is 1. The number of hydrogen-bond donors (Lipinski definition) is 3. The monoisotopic (exact) mass is 492 g/mol. The molecule has 0 saturated carbocycles. The van der Waals surface area contributed by atoms with Crippen molar-refractivity contribution in [2.45, 2.75) is 25.6 Å². The molecular formula is C14H24F3IN6O2. The lowest BCUT2D eigenvalue weighted by Gasteiger charge is -2.20. The maximum atomic E-state index is 12.4. The average Bonchev–Trinajstić information content (AvgIpc) is 3.06. The van der Waals surface area contributed by atoms with E-state index in [9.17, 15) is 22.8 Å². The molecular weight excluding hydrogens is 468 g/mol. The smallest absolute Gasteiger partial charge is 0.357 e. The van der Waals surface area contributed by atoms with Crippen molar-refractivity contribution >= 4 is 41.9 Å². The Balaban J connectivity index is 0.00000338. The van der Waals surface area contributed by atoms with E-state index in [4.69, 9.17) is 0 Å². The summed E-state index contributed by atoms with van der Waals surface area (Å²) in [5, 5.41) is 8.55. The van der Waals surface area contributed by atoms with Gasteiger partial charge in [-0.1, -0.05) is 0 Å². The van der Waals surface area contributed by atoms with E-state index in [-0.39, 0.29) is 62.1 Å². The number of carbonyl (C=O) groups is 2. The number of amides is 3. The zero-order valence-corrected chi connectivity index (χ0v) is 16.8. The number of guanidine groups is 1. The number of hydrogen-bond acceptors (Lipinski definition) is 4. The number of urea groups is 1. The van der Waals surface area contributed by atoms with Gasteiger partial charge in [0.15, 0.2) is 5.96 Å². The molecule has 0 aromatic carbocycles. The first-order valence-electron chi connectivity index (χ1n) is 8.20. The van der Waals surface area contributed by atoms with Gasteiger partial charge >= 0.3 is 12.2 Å². The van der Waals surface area contributed by atoms with E-state index in [1.54, 1.807) is 0 Å². The van der Waals surface area contributed by atoms with Crippen LogP contribution < -0.4 is 16.0 Å². The summed E-state index contributed by atoms with van der Waals surface area (Å²) >= 11 is 0. The molecule has 2 fully saturated rings. The van der Waals surface area contributed by atoms with E-state index >= 15 is 0 Å². The Hall–Kier alpha value is -1.31. The summed E-state index contributed by atoms with van der Waals surface area (Å²) in [7, 11) is 0. The van der Waals surface area contributed by atoms with Crippen LogP contribution in [0.1, 0.15) is 13.3 Å². The molecule has 3 N–H and O–H groups in total. The van der Waals surface area contributed by atoms with Crippen molar-refractivity contribution in [2.24, 2.45) is 4.99 Å². The molecule has 1 unspecified atom stereocenters. The molecule has 2 heterocycles. The SMILES string of the molecule is CCNC(=NCCN1C(=O)CNC1=O)NC1CCN(CC(F)(F)F)C1.I. The van der Waals surface area contributed by atoms with E-state index in [1.807, 2.05) is 6.92 Å². The van der Waals surface area contributed by atoms with Gasteiger partial charge in [-0.2, -0.15) is 13.2 Å². The largest absolute Gasteiger partial charge is 0.401 e. The minimum atomic E-state index is -4.20. The third kappa shape index (κ3) is 7.13. The predicted molar refractivity (Wildman–Crippen MR) is 101 cm³/mol. The lowest BCUT2D eigenvalue weighted by Crippen LogP contribution is -2.45. The highest BCUT2D eigenvalue weighted by atomic mass is 127. The Labute approximate surface area is 166 Å². The first kappa shape index (κ1) is 22.7. The summed E-state index contributed by atoms with van der Waals surface area (Å²) in [5.41, 5.74) is 0. The summed E-state index contributed by atoms with van der Waals surface area (Å²) in [6, 6.07) is -0.561. The third-order valence-electron chi connectivity index (χ3n) is 3.89. The van der Waals surface area contributed by atoms with Crippen molar-refractivity contribution in [3.63, 3.8) is 0 Å². The molecule has 3 amide bonds. The van der Waals surface area contributed by atoms with Gasteiger partial charge in [0, 0.05) is 25.7 Å². The van der Waals surface area contributed by atoms with Gasteiger partial charge < -0.3 is 16.0 Å². The summed E-state index contributed by atoms with van der Waals surface area (Å²) in [6.45, 7) is 2.59. The summed E-state index contributed by atoms with van der Waals surface area (Å²) in [5.74, 6) is 0.171.